The summed E-state index contributed by atoms with van der Waals surface area (Å²) >= 11 is 0. The molecule has 170 valence electrons. The summed E-state index contributed by atoms with van der Waals surface area (Å²) < 4.78 is 2.24. The van der Waals surface area contributed by atoms with E-state index >= 15 is 0 Å². The van der Waals surface area contributed by atoms with Gasteiger partial charge in [0.05, 0.1) is 16.8 Å². The SMILES string of the molecule is CC1=C(C#N)c2nc(N)c(C#N)c(C)c2/C1=C\c1cc(C)n(-c2ccc(C(C)(C)C)cc2)c1C. The Labute approximate surface area is 201 Å². The molecule has 0 saturated heterocycles. The number of allylic oxidation sites excluding steroid dienone is 3. The summed E-state index contributed by atoms with van der Waals surface area (Å²) in [5.41, 5.74) is 16.6. The Hall–Kier alpha value is -4.09. The lowest BCUT2D eigenvalue weighted by molar-refractivity contribution is 0.590. The Kier molecular flexibility index (Phi) is 5.46. The standard InChI is InChI=1S/C29H29N5/c1-16-12-20(19(4)34(16)22-10-8-21(9-11-22)29(5,6)7)13-23-17(2)24(14-30)27-26(23)18(3)25(15-31)28(32)33-27/h8-13H,1-7H3,(H2,32,33)/b23-13-. The van der Waals surface area contributed by atoms with Gasteiger partial charge in [0.2, 0.25) is 0 Å². The molecule has 0 unspecified atom stereocenters. The lowest BCUT2D eigenvalue weighted by Gasteiger charge is -2.20. The molecule has 2 heterocycles. The molecule has 5 nitrogen and oxygen atoms in total. The molecule has 0 amide bonds. The number of fused-ring (bicyclic) bond motifs is 1. The number of aromatic nitrogens is 2. The highest BCUT2D eigenvalue weighted by molar-refractivity contribution is 6.08. The second-order valence-electron chi connectivity index (χ2n) is 9.96. The number of hydrogen-bond acceptors (Lipinski definition) is 4. The zero-order chi connectivity index (χ0) is 24.9. The number of pyridine rings is 1. The molecule has 1 aromatic carbocycles. The number of nitriles is 2. The zero-order valence-corrected chi connectivity index (χ0v) is 20.8. The van der Waals surface area contributed by atoms with Crippen LogP contribution in [0.15, 0.2) is 35.9 Å². The fourth-order valence-corrected chi connectivity index (χ4v) is 4.79. The molecule has 2 aromatic heterocycles. The molecule has 34 heavy (non-hydrogen) atoms. The van der Waals surface area contributed by atoms with Gasteiger partial charge in [-0.2, -0.15) is 10.5 Å². The minimum Gasteiger partial charge on any atom is -0.383 e. The maximum atomic E-state index is 9.82. The largest absolute Gasteiger partial charge is 0.383 e. The number of rotatable bonds is 2. The molecule has 4 rings (SSSR count). The van der Waals surface area contributed by atoms with Crippen LogP contribution in [0.1, 0.15) is 72.6 Å². The van der Waals surface area contributed by atoms with Gasteiger partial charge in [-0.15, -0.1) is 0 Å². The van der Waals surface area contributed by atoms with E-state index in [4.69, 9.17) is 5.73 Å². The molecule has 0 radical (unpaired) electrons. The van der Waals surface area contributed by atoms with Crippen LogP contribution in [-0.2, 0) is 5.41 Å². The van der Waals surface area contributed by atoms with Crippen molar-refractivity contribution in [2.24, 2.45) is 0 Å². The van der Waals surface area contributed by atoms with E-state index in [1.54, 1.807) is 0 Å². The van der Waals surface area contributed by atoms with Crippen molar-refractivity contribution in [2.75, 3.05) is 5.73 Å². The van der Waals surface area contributed by atoms with E-state index in [0.717, 1.165) is 44.9 Å². The van der Waals surface area contributed by atoms with Gasteiger partial charge in [-0.3, -0.25) is 0 Å². The summed E-state index contributed by atoms with van der Waals surface area (Å²) in [6, 6.07) is 15.3. The third-order valence-corrected chi connectivity index (χ3v) is 6.75. The fraction of sp³-hybridized carbons (Fsp3) is 0.276. The molecule has 0 saturated carbocycles. The molecule has 2 N–H and O–H groups in total. The molecular weight excluding hydrogens is 418 g/mol. The normalized spacial score (nSPS) is 14.3. The maximum Gasteiger partial charge on any atom is 0.142 e. The second-order valence-corrected chi connectivity index (χ2v) is 9.96. The van der Waals surface area contributed by atoms with Gasteiger partial charge in [0.15, 0.2) is 0 Å². The van der Waals surface area contributed by atoms with Crippen molar-refractivity contribution in [3.63, 3.8) is 0 Å². The van der Waals surface area contributed by atoms with Crippen LogP contribution in [-0.4, -0.2) is 9.55 Å². The fourth-order valence-electron chi connectivity index (χ4n) is 4.79. The summed E-state index contributed by atoms with van der Waals surface area (Å²) in [7, 11) is 0. The Morgan fingerprint density at radius 3 is 2.21 bits per heavy atom. The third-order valence-electron chi connectivity index (χ3n) is 6.75. The van der Waals surface area contributed by atoms with Crippen LogP contribution in [0.2, 0.25) is 0 Å². The molecular formula is C29H29N5. The molecule has 0 atom stereocenters. The molecule has 5 heteroatoms. The van der Waals surface area contributed by atoms with Gasteiger partial charge in [-0.1, -0.05) is 32.9 Å². The highest BCUT2D eigenvalue weighted by Gasteiger charge is 2.30. The van der Waals surface area contributed by atoms with Crippen LogP contribution in [0, 0.1) is 43.4 Å². The van der Waals surface area contributed by atoms with Crippen molar-refractivity contribution < 1.29 is 0 Å². The number of benzene rings is 1. The van der Waals surface area contributed by atoms with Crippen LogP contribution in [0.3, 0.4) is 0 Å². The molecule has 0 fully saturated rings. The summed E-state index contributed by atoms with van der Waals surface area (Å²) in [6.07, 6.45) is 2.10. The smallest absolute Gasteiger partial charge is 0.142 e. The van der Waals surface area contributed by atoms with Crippen LogP contribution in [0.5, 0.6) is 0 Å². The third kappa shape index (κ3) is 3.51. The van der Waals surface area contributed by atoms with Crippen molar-refractivity contribution in [2.45, 2.75) is 53.9 Å². The first-order chi connectivity index (χ1) is 16.0. The first kappa shape index (κ1) is 23.1. The van der Waals surface area contributed by atoms with Gasteiger partial charge < -0.3 is 10.3 Å². The van der Waals surface area contributed by atoms with Gasteiger partial charge in [0.1, 0.15) is 18.0 Å². The average Bonchev–Trinajstić information content (AvgIpc) is 3.20. The minimum absolute atomic E-state index is 0.102. The van der Waals surface area contributed by atoms with Crippen LogP contribution < -0.4 is 5.73 Å². The first-order valence-corrected chi connectivity index (χ1v) is 11.3. The summed E-state index contributed by atoms with van der Waals surface area (Å²) in [4.78, 5) is 4.43. The quantitative estimate of drug-likeness (QED) is 0.492. The second kappa shape index (κ2) is 8.04. The number of nitrogens with zero attached hydrogens (tertiary/aromatic N) is 4. The van der Waals surface area contributed by atoms with E-state index < -0.39 is 0 Å². The molecule has 0 aliphatic heterocycles. The van der Waals surface area contributed by atoms with E-state index in [1.165, 1.54) is 5.56 Å². The Bertz CT molecular complexity index is 1470. The lowest BCUT2D eigenvalue weighted by Crippen LogP contribution is -2.11. The van der Waals surface area contributed by atoms with Gasteiger partial charge in [-0.25, -0.2) is 4.98 Å². The topological polar surface area (TPSA) is 91.4 Å². The monoisotopic (exact) mass is 447 g/mol. The number of hydrogen-bond donors (Lipinski definition) is 1. The highest BCUT2D eigenvalue weighted by atomic mass is 15.0. The van der Waals surface area contributed by atoms with E-state index in [9.17, 15) is 10.5 Å². The number of nitrogens with two attached hydrogens (primary N) is 1. The van der Waals surface area contributed by atoms with Crippen molar-refractivity contribution in [1.29, 1.82) is 10.5 Å². The lowest BCUT2D eigenvalue weighted by atomic mass is 9.87. The van der Waals surface area contributed by atoms with E-state index in [0.29, 0.717) is 16.8 Å². The molecule has 1 aliphatic rings. The number of aryl methyl sites for hydroxylation is 1. The van der Waals surface area contributed by atoms with Crippen molar-refractivity contribution in [1.82, 2.24) is 9.55 Å². The van der Waals surface area contributed by atoms with Crippen molar-refractivity contribution >= 4 is 23.0 Å². The van der Waals surface area contributed by atoms with Gasteiger partial charge in [0, 0.05) is 22.6 Å². The summed E-state index contributed by atoms with van der Waals surface area (Å²) in [5, 5.41) is 19.4. The van der Waals surface area contributed by atoms with Crippen molar-refractivity contribution in [3.8, 4) is 17.8 Å². The van der Waals surface area contributed by atoms with Crippen LogP contribution in [0.25, 0.3) is 22.9 Å². The Morgan fingerprint density at radius 1 is 1.00 bits per heavy atom. The van der Waals surface area contributed by atoms with Gasteiger partial charge in [-0.05, 0) is 85.2 Å². The van der Waals surface area contributed by atoms with E-state index in [1.807, 2.05) is 13.8 Å². The Balaban J connectivity index is 1.89. The van der Waals surface area contributed by atoms with E-state index in [2.05, 4.69) is 92.7 Å². The predicted octanol–water partition coefficient (Wildman–Crippen LogP) is 6.40. The predicted molar refractivity (Wildman–Crippen MR) is 138 cm³/mol. The molecule has 3 aromatic rings. The van der Waals surface area contributed by atoms with Crippen molar-refractivity contribution in [3.05, 3.63) is 80.8 Å². The Morgan fingerprint density at radius 2 is 1.65 bits per heavy atom. The van der Waals surface area contributed by atoms with Gasteiger partial charge >= 0.3 is 0 Å². The van der Waals surface area contributed by atoms with Crippen LogP contribution in [0.4, 0.5) is 5.82 Å². The molecule has 0 spiro atoms. The van der Waals surface area contributed by atoms with E-state index in [-0.39, 0.29) is 11.2 Å². The maximum absolute atomic E-state index is 9.82. The molecule has 1 aliphatic carbocycles. The number of anilines is 1. The number of nitrogen functional groups attached to an aromatic ring is 1. The summed E-state index contributed by atoms with van der Waals surface area (Å²) in [5.74, 6) is 0.164. The zero-order valence-electron chi connectivity index (χ0n) is 20.8. The first-order valence-electron chi connectivity index (χ1n) is 11.3. The minimum atomic E-state index is 0.102. The van der Waals surface area contributed by atoms with Crippen LogP contribution >= 0.6 is 0 Å². The molecule has 0 bridgehead atoms. The van der Waals surface area contributed by atoms with Gasteiger partial charge in [0.25, 0.3) is 0 Å². The average molecular weight is 448 g/mol. The summed E-state index contributed by atoms with van der Waals surface area (Å²) in [6.45, 7) is 14.6. The highest BCUT2D eigenvalue weighted by Crippen LogP contribution is 2.44.